The summed E-state index contributed by atoms with van der Waals surface area (Å²) in [6, 6.07) is 6.75. The highest BCUT2D eigenvalue weighted by molar-refractivity contribution is 6.21. The van der Waals surface area contributed by atoms with E-state index in [9.17, 15) is 9.59 Å². The Labute approximate surface area is 100 Å². The van der Waals surface area contributed by atoms with Gasteiger partial charge in [-0.3, -0.25) is 14.5 Å². The van der Waals surface area contributed by atoms with Crippen LogP contribution in [-0.4, -0.2) is 29.3 Å². The van der Waals surface area contributed by atoms with Crippen LogP contribution in [0.1, 0.15) is 40.5 Å². The third-order valence-corrected chi connectivity index (χ3v) is 2.95. The molecule has 4 nitrogen and oxygen atoms in total. The first-order chi connectivity index (χ1) is 8.15. The van der Waals surface area contributed by atoms with Gasteiger partial charge in [0.2, 0.25) is 0 Å². The van der Waals surface area contributed by atoms with Gasteiger partial charge in [0.15, 0.2) is 0 Å². The normalized spacial score (nSPS) is 16.2. The second-order valence-corrected chi connectivity index (χ2v) is 4.32. The molecule has 1 unspecified atom stereocenters. The monoisotopic (exact) mass is 232 g/mol. The van der Waals surface area contributed by atoms with Crippen LogP contribution in [0.4, 0.5) is 0 Å². The van der Waals surface area contributed by atoms with Gasteiger partial charge >= 0.3 is 0 Å². The molecule has 0 saturated heterocycles. The van der Waals surface area contributed by atoms with Crippen LogP contribution in [0.2, 0.25) is 0 Å². The first-order valence-electron chi connectivity index (χ1n) is 5.86. The molecule has 1 aromatic carbocycles. The van der Waals surface area contributed by atoms with Crippen LogP contribution in [0.5, 0.6) is 0 Å². The molecule has 0 radical (unpaired) electrons. The van der Waals surface area contributed by atoms with Gasteiger partial charge in [-0.05, 0) is 18.6 Å². The summed E-state index contributed by atoms with van der Waals surface area (Å²) in [5, 5.41) is 0. The summed E-state index contributed by atoms with van der Waals surface area (Å²) in [7, 11) is 0. The topological polar surface area (TPSA) is 63.4 Å². The predicted molar refractivity (Wildman–Crippen MR) is 64.7 cm³/mol. The van der Waals surface area contributed by atoms with E-state index < -0.39 is 0 Å². The zero-order valence-corrected chi connectivity index (χ0v) is 9.85. The van der Waals surface area contributed by atoms with Crippen LogP contribution in [-0.2, 0) is 0 Å². The Balaban J connectivity index is 2.19. The van der Waals surface area contributed by atoms with Gasteiger partial charge in [-0.15, -0.1) is 0 Å². The number of carbonyl (C=O) groups is 2. The molecule has 1 aromatic rings. The second-order valence-electron chi connectivity index (χ2n) is 4.32. The van der Waals surface area contributed by atoms with Crippen LogP contribution < -0.4 is 5.73 Å². The summed E-state index contributed by atoms with van der Waals surface area (Å²) in [5.41, 5.74) is 6.85. The van der Waals surface area contributed by atoms with Crippen molar-refractivity contribution in [3.8, 4) is 0 Å². The maximum absolute atomic E-state index is 12.0. The molecule has 1 atom stereocenters. The van der Waals surface area contributed by atoms with Gasteiger partial charge in [0.25, 0.3) is 11.8 Å². The van der Waals surface area contributed by atoms with Crippen LogP contribution in [0.15, 0.2) is 24.3 Å². The summed E-state index contributed by atoms with van der Waals surface area (Å²) >= 11 is 0. The molecule has 90 valence electrons. The minimum atomic E-state index is -0.225. The Bertz CT molecular complexity index is 421. The molecule has 0 fully saturated rings. The standard InChI is InChI=1S/C13H16N2O2/c1-2-5-9(14)8-15-12(16)10-6-3-4-7-11(10)13(15)17/h3-4,6-7,9H,2,5,8,14H2,1H3. The third-order valence-electron chi connectivity index (χ3n) is 2.95. The Morgan fingerprint density at radius 3 is 2.18 bits per heavy atom. The molecule has 0 spiro atoms. The molecule has 2 amide bonds. The van der Waals surface area contributed by atoms with Crippen LogP contribution in [0.3, 0.4) is 0 Å². The Hall–Kier alpha value is -1.68. The van der Waals surface area contributed by atoms with Gasteiger partial charge in [0.05, 0.1) is 11.1 Å². The fourth-order valence-electron chi connectivity index (χ4n) is 2.10. The lowest BCUT2D eigenvalue weighted by Gasteiger charge is -2.18. The lowest BCUT2D eigenvalue weighted by atomic mass is 10.1. The van der Waals surface area contributed by atoms with Gasteiger partial charge < -0.3 is 5.73 Å². The average Bonchev–Trinajstić information content (AvgIpc) is 2.56. The van der Waals surface area contributed by atoms with Crippen molar-refractivity contribution in [2.45, 2.75) is 25.8 Å². The third kappa shape index (κ3) is 2.08. The smallest absolute Gasteiger partial charge is 0.261 e. The number of fused-ring (bicyclic) bond motifs is 1. The first-order valence-corrected chi connectivity index (χ1v) is 5.86. The summed E-state index contributed by atoms with van der Waals surface area (Å²) < 4.78 is 0. The molecule has 17 heavy (non-hydrogen) atoms. The Kier molecular flexibility index (Phi) is 3.24. The minimum Gasteiger partial charge on any atom is -0.326 e. The number of hydrogen-bond donors (Lipinski definition) is 1. The fourth-order valence-corrected chi connectivity index (χ4v) is 2.10. The zero-order valence-electron chi connectivity index (χ0n) is 9.85. The number of imide groups is 1. The fraction of sp³-hybridized carbons (Fsp3) is 0.385. The highest BCUT2D eigenvalue weighted by atomic mass is 16.2. The number of rotatable bonds is 4. The number of benzene rings is 1. The molecule has 0 aliphatic carbocycles. The largest absolute Gasteiger partial charge is 0.326 e. The minimum absolute atomic E-state index is 0.137. The number of carbonyl (C=O) groups excluding carboxylic acids is 2. The summed E-state index contributed by atoms with van der Waals surface area (Å²) in [5.74, 6) is -0.450. The molecule has 0 saturated carbocycles. The lowest BCUT2D eigenvalue weighted by Crippen LogP contribution is -2.40. The van der Waals surface area contributed by atoms with Crippen molar-refractivity contribution in [2.24, 2.45) is 5.73 Å². The average molecular weight is 232 g/mol. The number of amides is 2. The van der Waals surface area contributed by atoms with E-state index in [-0.39, 0.29) is 17.9 Å². The van der Waals surface area contributed by atoms with Gasteiger partial charge in [-0.25, -0.2) is 0 Å². The maximum atomic E-state index is 12.0. The first kappa shape index (κ1) is 11.8. The van der Waals surface area contributed by atoms with Gasteiger partial charge in [-0.1, -0.05) is 25.5 Å². The Morgan fingerprint density at radius 1 is 1.18 bits per heavy atom. The molecule has 1 aliphatic rings. The maximum Gasteiger partial charge on any atom is 0.261 e. The molecule has 0 bridgehead atoms. The number of nitrogens with two attached hydrogens (primary N) is 1. The molecular formula is C13H16N2O2. The van der Waals surface area contributed by atoms with E-state index in [0.29, 0.717) is 17.7 Å². The zero-order chi connectivity index (χ0) is 12.4. The lowest BCUT2D eigenvalue weighted by molar-refractivity contribution is 0.0643. The van der Waals surface area contributed by atoms with E-state index in [1.807, 2.05) is 6.92 Å². The van der Waals surface area contributed by atoms with Crippen molar-refractivity contribution < 1.29 is 9.59 Å². The summed E-state index contributed by atoms with van der Waals surface area (Å²) in [4.78, 5) is 25.2. The van der Waals surface area contributed by atoms with E-state index in [1.165, 1.54) is 4.90 Å². The second kappa shape index (κ2) is 4.67. The highest BCUT2D eigenvalue weighted by Crippen LogP contribution is 2.22. The summed E-state index contributed by atoms with van der Waals surface area (Å²) in [6.07, 6.45) is 1.76. The molecule has 0 aromatic heterocycles. The van der Waals surface area contributed by atoms with Crippen LogP contribution in [0, 0.1) is 0 Å². The number of hydrogen-bond acceptors (Lipinski definition) is 3. The molecule has 2 rings (SSSR count). The van der Waals surface area contributed by atoms with E-state index in [0.717, 1.165) is 12.8 Å². The van der Waals surface area contributed by atoms with Gasteiger partial charge in [0.1, 0.15) is 0 Å². The van der Waals surface area contributed by atoms with E-state index in [2.05, 4.69) is 0 Å². The molecule has 4 heteroatoms. The van der Waals surface area contributed by atoms with Crippen molar-refractivity contribution in [3.63, 3.8) is 0 Å². The van der Waals surface area contributed by atoms with E-state index in [4.69, 9.17) is 5.73 Å². The Morgan fingerprint density at radius 2 is 1.71 bits per heavy atom. The molecule has 1 heterocycles. The van der Waals surface area contributed by atoms with Crippen molar-refractivity contribution in [1.82, 2.24) is 4.90 Å². The quantitative estimate of drug-likeness (QED) is 0.798. The van der Waals surface area contributed by atoms with Crippen molar-refractivity contribution in [2.75, 3.05) is 6.54 Å². The highest BCUT2D eigenvalue weighted by Gasteiger charge is 2.35. The SMILES string of the molecule is CCCC(N)CN1C(=O)c2ccccc2C1=O. The molecular weight excluding hydrogens is 216 g/mol. The van der Waals surface area contributed by atoms with Crippen molar-refractivity contribution in [1.29, 1.82) is 0 Å². The van der Waals surface area contributed by atoms with Gasteiger partial charge in [0, 0.05) is 12.6 Å². The number of nitrogens with zero attached hydrogens (tertiary/aromatic N) is 1. The van der Waals surface area contributed by atoms with E-state index in [1.54, 1.807) is 24.3 Å². The van der Waals surface area contributed by atoms with E-state index >= 15 is 0 Å². The van der Waals surface area contributed by atoms with Crippen LogP contribution >= 0.6 is 0 Å². The van der Waals surface area contributed by atoms with Crippen molar-refractivity contribution >= 4 is 11.8 Å². The molecule has 1 aliphatic heterocycles. The predicted octanol–water partition coefficient (Wildman–Crippen LogP) is 1.41. The van der Waals surface area contributed by atoms with Gasteiger partial charge in [-0.2, -0.15) is 0 Å². The molecule has 2 N–H and O–H groups in total. The van der Waals surface area contributed by atoms with Crippen molar-refractivity contribution in [3.05, 3.63) is 35.4 Å². The summed E-state index contributed by atoms with van der Waals surface area (Å²) in [6.45, 7) is 2.34. The van der Waals surface area contributed by atoms with Crippen LogP contribution in [0.25, 0.3) is 0 Å².